The number of piperidine rings is 2. The number of carbonyl (C=O) groups excluding carboxylic acids is 2. The van der Waals surface area contributed by atoms with E-state index in [4.69, 9.17) is 4.74 Å². The molecule has 0 bridgehead atoms. The number of methoxy groups -OCH3 is 1. The Morgan fingerprint density at radius 2 is 2.11 bits per heavy atom. The molecule has 2 saturated heterocycles. The Morgan fingerprint density at radius 1 is 1.30 bits per heavy atom. The molecule has 148 valence electrons. The summed E-state index contributed by atoms with van der Waals surface area (Å²) in [7, 11) is 1.68. The highest BCUT2D eigenvalue weighted by atomic mass is 32.2. The van der Waals surface area contributed by atoms with Crippen LogP contribution in [0, 0.1) is 5.41 Å². The van der Waals surface area contributed by atoms with E-state index in [1.807, 2.05) is 9.80 Å². The van der Waals surface area contributed by atoms with Crippen LogP contribution in [0.15, 0.2) is 23.6 Å². The molecule has 8 heteroatoms. The number of carbonyl (C=O) groups is 2. The Labute approximate surface area is 164 Å². The molecule has 1 aromatic heterocycles. The average Bonchev–Trinajstić information content (AvgIpc) is 2.70. The van der Waals surface area contributed by atoms with Gasteiger partial charge < -0.3 is 14.5 Å². The maximum absolute atomic E-state index is 12.7. The van der Waals surface area contributed by atoms with Gasteiger partial charge in [-0.15, -0.1) is 0 Å². The molecule has 1 atom stereocenters. The van der Waals surface area contributed by atoms with E-state index in [1.165, 1.54) is 11.8 Å². The molecular formula is C19H28N4O3S. The van der Waals surface area contributed by atoms with Crippen LogP contribution >= 0.6 is 11.8 Å². The fourth-order valence-electron chi connectivity index (χ4n) is 4.04. The molecule has 1 aromatic rings. The van der Waals surface area contributed by atoms with Gasteiger partial charge in [0.2, 0.25) is 11.8 Å². The topological polar surface area (TPSA) is 75.6 Å². The van der Waals surface area contributed by atoms with Gasteiger partial charge in [-0.2, -0.15) is 0 Å². The Bertz CT molecular complexity index is 645. The van der Waals surface area contributed by atoms with Crippen molar-refractivity contribution in [3.8, 4) is 0 Å². The highest BCUT2D eigenvalue weighted by Crippen LogP contribution is 2.39. The van der Waals surface area contributed by atoms with E-state index in [9.17, 15) is 9.59 Å². The number of hydrogen-bond acceptors (Lipinski definition) is 6. The van der Waals surface area contributed by atoms with Crippen molar-refractivity contribution in [2.24, 2.45) is 5.41 Å². The predicted octanol–water partition coefficient (Wildman–Crippen LogP) is 1.84. The lowest BCUT2D eigenvalue weighted by Crippen LogP contribution is -2.55. The van der Waals surface area contributed by atoms with Crippen molar-refractivity contribution < 1.29 is 14.3 Å². The quantitative estimate of drug-likeness (QED) is 0.400. The SMILES string of the molecule is COCCCN1CC2(CCCN(C(=O)CSc3ncccn3)C2)CCC1=O. The normalized spacial score (nSPS) is 23.1. The number of amides is 2. The second-order valence-corrected chi connectivity index (χ2v) is 8.34. The number of likely N-dealkylation sites (tertiary alicyclic amines) is 2. The Balaban J connectivity index is 1.55. The third kappa shape index (κ3) is 5.42. The van der Waals surface area contributed by atoms with Crippen LogP contribution in [-0.4, -0.2) is 77.2 Å². The molecule has 1 spiro atoms. The fourth-order valence-corrected chi connectivity index (χ4v) is 4.74. The van der Waals surface area contributed by atoms with Crippen LogP contribution in [-0.2, 0) is 14.3 Å². The largest absolute Gasteiger partial charge is 0.385 e. The molecule has 0 N–H and O–H groups in total. The number of rotatable bonds is 7. The zero-order valence-corrected chi connectivity index (χ0v) is 16.7. The molecule has 27 heavy (non-hydrogen) atoms. The van der Waals surface area contributed by atoms with Gasteiger partial charge in [0.1, 0.15) is 0 Å². The molecule has 0 saturated carbocycles. The summed E-state index contributed by atoms with van der Waals surface area (Å²) < 4.78 is 5.11. The number of aromatic nitrogens is 2. The van der Waals surface area contributed by atoms with Gasteiger partial charge in [-0.05, 0) is 31.7 Å². The van der Waals surface area contributed by atoms with E-state index in [0.29, 0.717) is 23.9 Å². The third-order valence-corrected chi connectivity index (χ3v) is 6.27. The lowest BCUT2D eigenvalue weighted by atomic mass is 9.73. The smallest absolute Gasteiger partial charge is 0.233 e. The summed E-state index contributed by atoms with van der Waals surface area (Å²) in [5.41, 5.74) is 0.0444. The number of nitrogens with zero attached hydrogens (tertiary/aromatic N) is 4. The van der Waals surface area contributed by atoms with Crippen LogP contribution in [0.3, 0.4) is 0 Å². The second-order valence-electron chi connectivity index (χ2n) is 7.40. The van der Waals surface area contributed by atoms with E-state index in [0.717, 1.165) is 51.9 Å². The standard InChI is InChI=1S/C19H28N4O3S/c1-26-12-4-11-22-14-19(7-5-16(22)24)6-2-10-23(15-19)17(25)13-27-18-20-8-3-9-21-18/h3,8-9H,2,4-7,10-15H2,1H3. The van der Waals surface area contributed by atoms with Gasteiger partial charge in [-0.25, -0.2) is 9.97 Å². The summed E-state index contributed by atoms with van der Waals surface area (Å²) in [6, 6.07) is 1.77. The van der Waals surface area contributed by atoms with Gasteiger partial charge in [0.25, 0.3) is 0 Å². The van der Waals surface area contributed by atoms with Crippen molar-refractivity contribution >= 4 is 23.6 Å². The Hall–Kier alpha value is -1.67. The highest BCUT2D eigenvalue weighted by molar-refractivity contribution is 7.99. The summed E-state index contributed by atoms with van der Waals surface area (Å²) in [6.07, 6.45) is 7.78. The van der Waals surface area contributed by atoms with Crippen molar-refractivity contribution in [3.05, 3.63) is 18.5 Å². The van der Waals surface area contributed by atoms with E-state index in [1.54, 1.807) is 25.6 Å². The summed E-state index contributed by atoms with van der Waals surface area (Å²) in [5, 5.41) is 0.630. The van der Waals surface area contributed by atoms with Crippen LogP contribution < -0.4 is 0 Å². The summed E-state index contributed by atoms with van der Waals surface area (Å²) >= 11 is 1.38. The monoisotopic (exact) mass is 392 g/mol. The van der Waals surface area contributed by atoms with Gasteiger partial charge in [-0.3, -0.25) is 9.59 Å². The maximum Gasteiger partial charge on any atom is 0.233 e. The minimum absolute atomic E-state index is 0.0444. The highest BCUT2D eigenvalue weighted by Gasteiger charge is 2.42. The van der Waals surface area contributed by atoms with Crippen LogP contribution in [0.4, 0.5) is 0 Å². The molecule has 2 aliphatic heterocycles. The minimum atomic E-state index is 0.0444. The van der Waals surface area contributed by atoms with Gasteiger partial charge in [0.05, 0.1) is 5.75 Å². The maximum atomic E-state index is 12.7. The minimum Gasteiger partial charge on any atom is -0.385 e. The second kappa shape index (κ2) is 9.50. The first-order chi connectivity index (χ1) is 13.1. The third-order valence-electron chi connectivity index (χ3n) is 5.41. The molecular weight excluding hydrogens is 364 g/mol. The fraction of sp³-hybridized carbons (Fsp3) is 0.684. The van der Waals surface area contributed by atoms with Crippen molar-refractivity contribution in [3.63, 3.8) is 0 Å². The predicted molar refractivity (Wildman–Crippen MR) is 103 cm³/mol. The Morgan fingerprint density at radius 3 is 2.89 bits per heavy atom. The van der Waals surface area contributed by atoms with Crippen molar-refractivity contribution in [2.45, 2.75) is 37.3 Å². The molecule has 0 radical (unpaired) electrons. The molecule has 1 unspecified atom stereocenters. The van der Waals surface area contributed by atoms with Gasteiger partial charge >= 0.3 is 0 Å². The first-order valence-corrected chi connectivity index (χ1v) is 10.5. The zero-order chi connectivity index (χ0) is 19.1. The number of ether oxygens (including phenoxy) is 1. The van der Waals surface area contributed by atoms with Crippen LogP contribution in [0.2, 0.25) is 0 Å². The van der Waals surface area contributed by atoms with E-state index < -0.39 is 0 Å². The molecule has 3 rings (SSSR count). The molecule has 0 aromatic carbocycles. The van der Waals surface area contributed by atoms with Crippen LogP contribution in [0.25, 0.3) is 0 Å². The zero-order valence-electron chi connectivity index (χ0n) is 15.9. The van der Waals surface area contributed by atoms with Crippen LogP contribution in [0.5, 0.6) is 0 Å². The summed E-state index contributed by atoms with van der Waals surface area (Å²) in [6.45, 7) is 3.71. The number of hydrogen-bond donors (Lipinski definition) is 0. The first kappa shape index (κ1) is 20.1. The lowest BCUT2D eigenvalue weighted by molar-refractivity contribution is -0.142. The Kier molecular flexibility index (Phi) is 7.07. The van der Waals surface area contributed by atoms with Crippen molar-refractivity contribution in [1.29, 1.82) is 0 Å². The average molecular weight is 393 g/mol. The summed E-state index contributed by atoms with van der Waals surface area (Å²) in [4.78, 5) is 37.3. The van der Waals surface area contributed by atoms with E-state index in [-0.39, 0.29) is 17.2 Å². The molecule has 2 aliphatic rings. The van der Waals surface area contributed by atoms with E-state index in [2.05, 4.69) is 9.97 Å². The number of thioether (sulfide) groups is 1. The van der Waals surface area contributed by atoms with E-state index >= 15 is 0 Å². The molecule has 0 aliphatic carbocycles. The van der Waals surface area contributed by atoms with Gasteiger partial charge in [0.15, 0.2) is 5.16 Å². The lowest BCUT2D eigenvalue weighted by Gasteiger charge is -2.48. The van der Waals surface area contributed by atoms with Gasteiger partial charge in [-0.1, -0.05) is 11.8 Å². The molecule has 3 heterocycles. The van der Waals surface area contributed by atoms with Crippen LogP contribution in [0.1, 0.15) is 32.1 Å². The molecule has 2 amide bonds. The molecule has 2 fully saturated rings. The first-order valence-electron chi connectivity index (χ1n) is 9.56. The van der Waals surface area contributed by atoms with Gasteiger partial charge in [0, 0.05) is 64.1 Å². The van der Waals surface area contributed by atoms with Crippen molar-refractivity contribution in [1.82, 2.24) is 19.8 Å². The molecule has 7 nitrogen and oxygen atoms in total. The summed E-state index contributed by atoms with van der Waals surface area (Å²) in [5.74, 6) is 0.725. The van der Waals surface area contributed by atoms with Crippen molar-refractivity contribution in [2.75, 3.05) is 45.6 Å².